The van der Waals surface area contributed by atoms with Gasteiger partial charge in [-0.05, 0) is 34.5 Å². The molecule has 0 spiro atoms. The number of nitrogens with one attached hydrogen (secondary N) is 3. The summed E-state index contributed by atoms with van der Waals surface area (Å²) in [5.74, 6) is 0.821. The SMILES string of the molecule is COCOCC1=CN(Cc2cnc3c(c2)NC(c2cccc(N=O)c2)N=C3N2CCOCC2)NN1. The monoisotopic (exact) mass is 480 g/mol. The van der Waals surface area contributed by atoms with Gasteiger partial charge in [0.1, 0.15) is 24.3 Å². The molecule has 1 saturated heterocycles. The normalized spacial score (nSPS) is 19.4. The lowest BCUT2D eigenvalue weighted by Gasteiger charge is -2.34. The van der Waals surface area contributed by atoms with Gasteiger partial charge in [-0.25, -0.2) is 4.99 Å². The minimum atomic E-state index is -0.366. The van der Waals surface area contributed by atoms with E-state index in [0.29, 0.717) is 32.1 Å². The number of nitrogens with zero attached hydrogens (tertiary/aromatic N) is 5. The van der Waals surface area contributed by atoms with Crippen LogP contribution in [0.3, 0.4) is 0 Å². The lowest BCUT2D eigenvalue weighted by molar-refractivity contribution is -0.0223. The standard InChI is InChI=1S/C23H28N8O4/c1-33-15-35-14-19-13-31(29-27-19)12-16-9-20-21(24-11-16)23(30-5-7-34-8-6-30)26-22(25-20)17-3-2-4-18(10-17)28-32/h2-4,9-11,13,22,25,27,29H,5-8,12,14-15H2,1H3. The Balaban J connectivity index is 1.39. The van der Waals surface area contributed by atoms with Crippen LogP contribution in [0.2, 0.25) is 0 Å². The number of methoxy groups -OCH3 is 1. The molecular formula is C23H28N8O4. The van der Waals surface area contributed by atoms with Crippen molar-refractivity contribution in [3.8, 4) is 0 Å². The van der Waals surface area contributed by atoms with E-state index in [2.05, 4.69) is 32.4 Å². The maximum absolute atomic E-state index is 11.1. The Kier molecular flexibility index (Phi) is 7.14. The average molecular weight is 481 g/mol. The highest BCUT2D eigenvalue weighted by atomic mass is 16.7. The fourth-order valence-electron chi connectivity index (χ4n) is 4.15. The predicted octanol–water partition coefficient (Wildman–Crippen LogP) is 1.97. The van der Waals surface area contributed by atoms with E-state index >= 15 is 0 Å². The van der Waals surface area contributed by atoms with E-state index < -0.39 is 0 Å². The minimum absolute atomic E-state index is 0.236. The summed E-state index contributed by atoms with van der Waals surface area (Å²) in [4.78, 5) is 23.0. The number of hydrazine groups is 2. The van der Waals surface area contributed by atoms with Crippen LogP contribution in [0.25, 0.3) is 0 Å². The van der Waals surface area contributed by atoms with Crippen LogP contribution in [0.5, 0.6) is 0 Å². The average Bonchev–Trinajstić information content (AvgIpc) is 3.35. The molecule has 184 valence electrons. The molecule has 0 bridgehead atoms. The van der Waals surface area contributed by atoms with Gasteiger partial charge in [-0.2, -0.15) is 0 Å². The van der Waals surface area contributed by atoms with Crippen LogP contribution in [-0.2, 0) is 20.8 Å². The molecule has 1 fully saturated rings. The highest BCUT2D eigenvalue weighted by Crippen LogP contribution is 2.32. The molecule has 3 N–H and O–H groups in total. The number of ether oxygens (including phenoxy) is 3. The molecule has 0 amide bonds. The van der Waals surface area contributed by atoms with Crippen LogP contribution in [0.1, 0.15) is 23.0 Å². The number of pyridine rings is 1. The van der Waals surface area contributed by atoms with Crippen molar-refractivity contribution < 1.29 is 14.2 Å². The zero-order valence-corrected chi connectivity index (χ0v) is 19.4. The van der Waals surface area contributed by atoms with E-state index in [-0.39, 0.29) is 13.0 Å². The fourth-order valence-corrected chi connectivity index (χ4v) is 4.15. The molecule has 0 aliphatic carbocycles. The summed E-state index contributed by atoms with van der Waals surface area (Å²) in [6.45, 7) is 4.01. The maximum Gasteiger partial charge on any atom is 0.154 e. The summed E-state index contributed by atoms with van der Waals surface area (Å²) in [5, 5.41) is 8.48. The van der Waals surface area contributed by atoms with Gasteiger partial charge in [-0.15, -0.1) is 10.4 Å². The largest absolute Gasteiger partial charge is 0.378 e. The first-order valence-corrected chi connectivity index (χ1v) is 11.4. The molecule has 5 rings (SSSR count). The van der Waals surface area contributed by atoms with E-state index in [1.54, 1.807) is 19.2 Å². The number of benzene rings is 1. The molecule has 0 radical (unpaired) electrons. The van der Waals surface area contributed by atoms with Gasteiger partial charge in [0, 0.05) is 32.6 Å². The summed E-state index contributed by atoms with van der Waals surface area (Å²) in [6, 6.07) is 9.27. The highest BCUT2D eigenvalue weighted by Gasteiger charge is 2.28. The third kappa shape index (κ3) is 5.41. The number of nitroso groups, excluding NO2 is 1. The number of rotatable bonds is 8. The molecule has 35 heavy (non-hydrogen) atoms. The topological polar surface area (TPSA) is 125 Å². The summed E-state index contributed by atoms with van der Waals surface area (Å²) in [5.41, 5.74) is 11.0. The molecule has 4 heterocycles. The molecule has 12 nitrogen and oxygen atoms in total. The molecule has 1 atom stereocenters. The Labute approximate surface area is 202 Å². The van der Waals surface area contributed by atoms with Gasteiger partial charge in [0.05, 0.1) is 37.7 Å². The van der Waals surface area contributed by atoms with Crippen molar-refractivity contribution in [3.63, 3.8) is 0 Å². The molecule has 2 aromatic rings. The van der Waals surface area contributed by atoms with Gasteiger partial charge in [-0.3, -0.25) is 9.99 Å². The first kappa shape index (κ1) is 23.2. The Hall–Kier alpha value is -3.58. The maximum atomic E-state index is 11.1. The molecule has 12 heteroatoms. The second-order valence-electron chi connectivity index (χ2n) is 8.30. The van der Waals surface area contributed by atoms with Gasteiger partial charge in [0.15, 0.2) is 5.84 Å². The first-order valence-electron chi connectivity index (χ1n) is 11.4. The number of hydrogen-bond acceptors (Lipinski definition) is 12. The molecular weight excluding hydrogens is 452 g/mol. The lowest BCUT2D eigenvalue weighted by Crippen LogP contribution is -2.43. The summed E-state index contributed by atoms with van der Waals surface area (Å²) >= 11 is 0. The number of anilines is 1. The zero-order valence-electron chi connectivity index (χ0n) is 19.4. The molecule has 0 saturated carbocycles. The van der Waals surface area contributed by atoms with E-state index in [1.807, 2.05) is 29.5 Å². The third-order valence-corrected chi connectivity index (χ3v) is 5.79. The number of morpholine rings is 1. The minimum Gasteiger partial charge on any atom is -0.378 e. The fraction of sp³-hybridized carbons (Fsp3) is 0.391. The Bertz CT molecular complexity index is 1120. The summed E-state index contributed by atoms with van der Waals surface area (Å²) < 4.78 is 15.8. The van der Waals surface area contributed by atoms with Crippen molar-refractivity contribution in [2.45, 2.75) is 12.7 Å². The van der Waals surface area contributed by atoms with Crippen molar-refractivity contribution in [2.75, 3.05) is 52.1 Å². The number of hydrogen-bond donors (Lipinski definition) is 3. The van der Waals surface area contributed by atoms with Gasteiger partial charge in [0.25, 0.3) is 0 Å². The van der Waals surface area contributed by atoms with Crippen molar-refractivity contribution >= 4 is 17.2 Å². The Morgan fingerprint density at radius 1 is 1.26 bits per heavy atom. The Morgan fingerprint density at radius 3 is 2.97 bits per heavy atom. The van der Waals surface area contributed by atoms with Gasteiger partial charge in [0.2, 0.25) is 0 Å². The second-order valence-corrected chi connectivity index (χ2v) is 8.30. The van der Waals surface area contributed by atoms with Crippen molar-refractivity contribution in [3.05, 3.63) is 70.2 Å². The quantitative estimate of drug-likeness (QED) is 0.293. The van der Waals surface area contributed by atoms with Gasteiger partial charge >= 0.3 is 0 Å². The van der Waals surface area contributed by atoms with Gasteiger partial charge in [-0.1, -0.05) is 12.1 Å². The van der Waals surface area contributed by atoms with Gasteiger partial charge < -0.3 is 29.9 Å². The van der Waals surface area contributed by atoms with Crippen molar-refractivity contribution in [2.24, 2.45) is 10.2 Å². The molecule has 1 aromatic heterocycles. The van der Waals surface area contributed by atoms with Crippen LogP contribution in [0.4, 0.5) is 11.4 Å². The van der Waals surface area contributed by atoms with Crippen LogP contribution in [-0.4, -0.2) is 67.5 Å². The van der Waals surface area contributed by atoms with Crippen LogP contribution < -0.4 is 16.3 Å². The number of amidine groups is 1. The predicted molar refractivity (Wildman–Crippen MR) is 129 cm³/mol. The first-order chi connectivity index (χ1) is 17.2. The van der Waals surface area contributed by atoms with E-state index in [0.717, 1.165) is 47.1 Å². The zero-order chi connectivity index (χ0) is 24.0. The lowest BCUT2D eigenvalue weighted by atomic mass is 10.1. The molecule has 1 aromatic carbocycles. The highest BCUT2D eigenvalue weighted by molar-refractivity contribution is 6.03. The van der Waals surface area contributed by atoms with Crippen molar-refractivity contribution in [1.82, 2.24) is 25.9 Å². The summed E-state index contributed by atoms with van der Waals surface area (Å²) in [6.07, 6.45) is 3.45. The molecule has 3 aliphatic rings. The smallest absolute Gasteiger partial charge is 0.154 e. The number of fused-ring (bicyclic) bond motifs is 1. The van der Waals surface area contributed by atoms with E-state index in [4.69, 9.17) is 24.2 Å². The second kappa shape index (κ2) is 10.8. The Morgan fingerprint density at radius 2 is 2.14 bits per heavy atom. The number of aliphatic imine (C=N–C) groups is 1. The van der Waals surface area contributed by atoms with E-state index in [9.17, 15) is 4.91 Å². The molecule has 3 aliphatic heterocycles. The van der Waals surface area contributed by atoms with Crippen molar-refractivity contribution in [1.29, 1.82) is 0 Å². The third-order valence-electron chi connectivity index (χ3n) is 5.79. The van der Waals surface area contributed by atoms with Crippen LogP contribution in [0.15, 0.2) is 58.6 Å². The number of aromatic nitrogens is 1. The van der Waals surface area contributed by atoms with Crippen LogP contribution in [0, 0.1) is 4.91 Å². The summed E-state index contributed by atoms with van der Waals surface area (Å²) in [7, 11) is 1.59. The molecule has 1 unspecified atom stereocenters. The van der Waals surface area contributed by atoms with E-state index in [1.165, 1.54) is 0 Å². The van der Waals surface area contributed by atoms with Crippen LogP contribution >= 0.6 is 0 Å².